The summed E-state index contributed by atoms with van der Waals surface area (Å²) < 4.78 is 0. The van der Waals surface area contributed by atoms with Crippen molar-refractivity contribution in [3.8, 4) is 0 Å². The first-order valence-corrected chi connectivity index (χ1v) is 9.28. The second-order valence-electron chi connectivity index (χ2n) is 6.31. The molecule has 132 valence electrons. The van der Waals surface area contributed by atoms with E-state index in [2.05, 4.69) is 9.80 Å². The van der Waals surface area contributed by atoms with Crippen molar-refractivity contribution in [3.05, 3.63) is 82.8 Å². The van der Waals surface area contributed by atoms with Crippen LogP contribution >= 0.6 is 23.2 Å². The number of anilines is 4. The molecular formula is C21H14Cl2N4. The number of rotatable bonds is 2. The van der Waals surface area contributed by atoms with Gasteiger partial charge in [-0.15, -0.1) is 0 Å². The fraction of sp³-hybridized carbons (Fsp3) is 0.0476. The summed E-state index contributed by atoms with van der Waals surface area (Å²) in [6.45, 7) is 0.606. The molecule has 0 radical (unpaired) electrons. The van der Waals surface area contributed by atoms with Crippen LogP contribution in [0.25, 0.3) is 11.0 Å². The van der Waals surface area contributed by atoms with Crippen LogP contribution in [0.3, 0.4) is 0 Å². The fourth-order valence-corrected chi connectivity index (χ4v) is 3.52. The van der Waals surface area contributed by atoms with E-state index in [0.29, 0.717) is 16.7 Å². The summed E-state index contributed by atoms with van der Waals surface area (Å²) in [5.41, 5.74) is 3.77. The van der Waals surface area contributed by atoms with Gasteiger partial charge in [0.15, 0.2) is 11.6 Å². The van der Waals surface area contributed by atoms with Crippen LogP contribution in [0.5, 0.6) is 0 Å². The number of halogens is 2. The van der Waals surface area contributed by atoms with Gasteiger partial charge in [0.05, 0.1) is 11.0 Å². The predicted molar refractivity (Wildman–Crippen MR) is 112 cm³/mol. The summed E-state index contributed by atoms with van der Waals surface area (Å²) in [7, 11) is 0. The Labute approximate surface area is 166 Å². The van der Waals surface area contributed by atoms with E-state index in [1.807, 2.05) is 72.8 Å². The molecular weight excluding hydrogens is 379 g/mol. The summed E-state index contributed by atoms with van der Waals surface area (Å²) in [5.74, 6) is 1.65. The van der Waals surface area contributed by atoms with Gasteiger partial charge in [-0.2, -0.15) is 0 Å². The molecule has 2 heterocycles. The summed E-state index contributed by atoms with van der Waals surface area (Å²) >= 11 is 12.1. The quantitative estimate of drug-likeness (QED) is 0.407. The zero-order valence-electron chi connectivity index (χ0n) is 14.2. The van der Waals surface area contributed by atoms with Gasteiger partial charge in [-0.25, -0.2) is 9.97 Å². The number of fused-ring (bicyclic) bond motifs is 2. The lowest BCUT2D eigenvalue weighted by Gasteiger charge is -2.21. The minimum absolute atomic E-state index is 0.606. The van der Waals surface area contributed by atoms with Gasteiger partial charge in [0.2, 0.25) is 0 Å². The van der Waals surface area contributed by atoms with Gasteiger partial charge in [0, 0.05) is 21.4 Å². The van der Waals surface area contributed by atoms with Crippen LogP contribution in [0.4, 0.5) is 23.0 Å². The van der Waals surface area contributed by atoms with Crippen molar-refractivity contribution in [2.24, 2.45) is 0 Å². The Morgan fingerprint density at radius 3 is 1.41 bits per heavy atom. The molecule has 4 nitrogen and oxygen atoms in total. The smallest absolute Gasteiger partial charge is 0.179 e. The lowest BCUT2D eigenvalue weighted by atomic mass is 10.3. The second-order valence-corrected chi connectivity index (χ2v) is 7.18. The Morgan fingerprint density at radius 2 is 1.00 bits per heavy atom. The third-order valence-electron chi connectivity index (χ3n) is 4.61. The van der Waals surface area contributed by atoms with E-state index in [4.69, 9.17) is 33.2 Å². The molecule has 0 amide bonds. The van der Waals surface area contributed by atoms with Crippen LogP contribution in [-0.4, -0.2) is 16.6 Å². The number of aromatic nitrogens is 2. The molecule has 0 bridgehead atoms. The van der Waals surface area contributed by atoms with Crippen LogP contribution in [-0.2, 0) is 0 Å². The Bertz CT molecular complexity index is 1040. The predicted octanol–water partition coefficient (Wildman–Crippen LogP) is 6.18. The van der Waals surface area contributed by atoms with E-state index in [0.717, 1.165) is 34.0 Å². The zero-order valence-corrected chi connectivity index (χ0v) is 15.7. The van der Waals surface area contributed by atoms with Crippen LogP contribution in [0, 0.1) is 0 Å². The number of hydrogen-bond acceptors (Lipinski definition) is 4. The molecule has 0 fully saturated rings. The van der Waals surface area contributed by atoms with E-state index in [1.54, 1.807) is 0 Å². The van der Waals surface area contributed by atoms with Crippen molar-refractivity contribution in [2.75, 3.05) is 16.5 Å². The molecule has 3 aromatic carbocycles. The zero-order chi connectivity index (χ0) is 18.4. The minimum Gasteiger partial charge on any atom is -0.305 e. The number of para-hydroxylation sites is 2. The Morgan fingerprint density at radius 1 is 0.593 bits per heavy atom. The van der Waals surface area contributed by atoms with E-state index in [1.165, 1.54) is 0 Å². The van der Waals surface area contributed by atoms with E-state index < -0.39 is 0 Å². The molecule has 27 heavy (non-hydrogen) atoms. The molecule has 0 unspecified atom stereocenters. The van der Waals surface area contributed by atoms with Crippen LogP contribution in [0.2, 0.25) is 10.0 Å². The first-order valence-electron chi connectivity index (χ1n) is 8.52. The van der Waals surface area contributed by atoms with Crippen LogP contribution in [0.15, 0.2) is 72.8 Å². The minimum atomic E-state index is 0.606. The maximum absolute atomic E-state index is 6.07. The highest BCUT2D eigenvalue weighted by Gasteiger charge is 2.31. The molecule has 4 aromatic rings. The molecule has 0 atom stereocenters. The average Bonchev–Trinajstić information content (AvgIpc) is 3.06. The largest absolute Gasteiger partial charge is 0.305 e. The second kappa shape index (κ2) is 6.41. The van der Waals surface area contributed by atoms with E-state index in [9.17, 15) is 0 Å². The lowest BCUT2D eigenvalue weighted by molar-refractivity contribution is 0.977. The van der Waals surface area contributed by atoms with Crippen molar-refractivity contribution >= 4 is 57.2 Å². The molecule has 0 aliphatic carbocycles. The van der Waals surface area contributed by atoms with E-state index >= 15 is 0 Å². The summed E-state index contributed by atoms with van der Waals surface area (Å²) in [6, 6.07) is 23.4. The molecule has 5 rings (SSSR count). The molecule has 1 aliphatic heterocycles. The summed E-state index contributed by atoms with van der Waals surface area (Å²) in [6.07, 6.45) is 0. The maximum atomic E-state index is 6.07. The van der Waals surface area contributed by atoms with Gasteiger partial charge in [-0.05, 0) is 60.7 Å². The maximum Gasteiger partial charge on any atom is 0.179 e. The number of nitrogens with zero attached hydrogens (tertiary/aromatic N) is 4. The standard InChI is InChI=1S/C21H14Cl2N4/c22-14-5-9-16(10-6-14)26-13-27(17-11-7-15(23)8-12-17)21-20(26)24-18-3-1-2-4-19(18)25-21/h1-12H,13H2. The summed E-state index contributed by atoms with van der Waals surface area (Å²) in [5, 5.41) is 1.41. The Kier molecular flexibility index (Phi) is 3.88. The molecule has 0 saturated heterocycles. The van der Waals surface area contributed by atoms with Crippen LogP contribution < -0.4 is 9.80 Å². The average molecular weight is 393 g/mol. The van der Waals surface area contributed by atoms with E-state index in [-0.39, 0.29) is 0 Å². The first kappa shape index (κ1) is 16.4. The molecule has 1 aliphatic rings. The van der Waals surface area contributed by atoms with Crippen LogP contribution in [0.1, 0.15) is 0 Å². The van der Waals surface area contributed by atoms with Crippen molar-refractivity contribution in [3.63, 3.8) is 0 Å². The van der Waals surface area contributed by atoms with Crippen molar-refractivity contribution < 1.29 is 0 Å². The number of hydrogen-bond donors (Lipinski definition) is 0. The van der Waals surface area contributed by atoms with Gasteiger partial charge in [-0.3, -0.25) is 0 Å². The lowest BCUT2D eigenvalue weighted by Crippen LogP contribution is -2.24. The highest BCUT2D eigenvalue weighted by Crippen LogP contribution is 2.42. The highest BCUT2D eigenvalue weighted by atomic mass is 35.5. The molecule has 0 N–H and O–H groups in total. The molecule has 1 aromatic heterocycles. The van der Waals surface area contributed by atoms with Crippen molar-refractivity contribution in [1.29, 1.82) is 0 Å². The third kappa shape index (κ3) is 2.87. The molecule has 0 saturated carbocycles. The van der Waals surface area contributed by atoms with Crippen molar-refractivity contribution in [2.45, 2.75) is 0 Å². The normalized spacial score (nSPS) is 13.3. The third-order valence-corrected chi connectivity index (χ3v) is 5.11. The van der Waals surface area contributed by atoms with Gasteiger partial charge < -0.3 is 9.80 Å². The summed E-state index contributed by atoms with van der Waals surface area (Å²) in [4.78, 5) is 14.1. The van der Waals surface area contributed by atoms with Gasteiger partial charge >= 0.3 is 0 Å². The first-order chi connectivity index (χ1) is 13.2. The van der Waals surface area contributed by atoms with Gasteiger partial charge in [0.1, 0.15) is 6.67 Å². The fourth-order valence-electron chi connectivity index (χ4n) is 3.27. The Hall–Kier alpha value is -2.82. The Balaban J connectivity index is 1.69. The molecule has 0 spiro atoms. The van der Waals surface area contributed by atoms with Crippen molar-refractivity contribution in [1.82, 2.24) is 9.97 Å². The topological polar surface area (TPSA) is 32.3 Å². The monoisotopic (exact) mass is 392 g/mol. The SMILES string of the molecule is Clc1ccc(N2CN(c3ccc(Cl)cc3)c3nc4ccccc4nc32)cc1. The van der Waals surface area contributed by atoms with Gasteiger partial charge in [0.25, 0.3) is 0 Å². The van der Waals surface area contributed by atoms with Gasteiger partial charge in [-0.1, -0.05) is 35.3 Å². The highest BCUT2D eigenvalue weighted by molar-refractivity contribution is 6.31. The number of benzene rings is 3. The molecule has 6 heteroatoms.